The minimum Gasteiger partial charge on any atom is -0.475 e. The van der Waals surface area contributed by atoms with Gasteiger partial charge in [0.1, 0.15) is 5.82 Å². The van der Waals surface area contributed by atoms with Crippen molar-refractivity contribution in [3.63, 3.8) is 0 Å². The predicted molar refractivity (Wildman–Crippen MR) is 96.1 cm³/mol. The lowest BCUT2D eigenvalue weighted by molar-refractivity contribution is 0.0683. The number of azide groups is 1. The van der Waals surface area contributed by atoms with Crippen LogP contribution in [-0.4, -0.2) is 31.6 Å². The van der Waals surface area contributed by atoms with Crippen LogP contribution in [0, 0.1) is 0 Å². The Hall–Kier alpha value is -3.68. The lowest BCUT2D eigenvalue weighted by Crippen LogP contribution is -2.11. The lowest BCUT2D eigenvalue weighted by Gasteiger charge is -2.11. The standard InChI is InChI=1S/C17H11ClN6O3/c18-11-6-7-13(12(8-11)15(25)10-4-2-1-3-5-10)24-14(9-20-23-19)21-16(22-24)17(26)27/h1-8H,9H2,(H,26,27). The summed E-state index contributed by atoms with van der Waals surface area (Å²) in [6, 6.07) is 13.1. The van der Waals surface area contributed by atoms with E-state index >= 15 is 0 Å². The smallest absolute Gasteiger partial charge is 0.375 e. The first-order valence-electron chi connectivity index (χ1n) is 7.61. The molecular weight excluding hydrogens is 372 g/mol. The number of nitrogens with zero attached hydrogens (tertiary/aromatic N) is 6. The molecular formula is C17H11ClN6O3. The van der Waals surface area contributed by atoms with E-state index in [1.807, 2.05) is 0 Å². The zero-order valence-corrected chi connectivity index (χ0v) is 14.4. The topological polar surface area (TPSA) is 134 Å². The first kappa shape index (κ1) is 18.1. The van der Waals surface area contributed by atoms with E-state index in [2.05, 4.69) is 20.1 Å². The molecule has 0 saturated carbocycles. The average molecular weight is 383 g/mol. The number of carbonyl (C=O) groups excluding carboxylic acids is 1. The fraction of sp³-hybridized carbons (Fsp3) is 0.0588. The van der Waals surface area contributed by atoms with Gasteiger partial charge in [0.15, 0.2) is 5.78 Å². The van der Waals surface area contributed by atoms with Gasteiger partial charge < -0.3 is 5.11 Å². The van der Waals surface area contributed by atoms with Crippen molar-refractivity contribution >= 4 is 23.4 Å². The molecule has 1 N–H and O–H groups in total. The average Bonchev–Trinajstić information content (AvgIpc) is 3.10. The zero-order chi connectivity index (χ0) is 19.4. The summed E-state index contributed by atoms with van der Waals surface area (Å²) in [5, 5.41) is 16.8. The summed E-state index contributed by atoms with van der Waals surface area (Å²) >= 11 is 6.06. The van der Waals surface area contributed by atoms with Crippen LogP contribution in [0.2, 0.25) is 5.02 Å². The molecule has 0 aliphatic carbocycles. The molecule has 0 amide bonds. The SMILES string of the molecule is [N-]=[N+]=NCc1nc(C(=O)O)nn1-c1ccc(Cl)cc1C(=O)c1ccccc1. The third kappa shape index (κ3) is 3.79. The Balaban J connectivity index is 2.19. The van der Waals surface area contributed by atoms with Crippen LogP contribution in [0.15, 0.2) is 53.6 Å². The molecule has 0 radical (unpaired) electrons. The number of rotatable bonds is 6. The highest BCUT2D eigenvalue weighted by atomic mass is 35.5. The summed E-state index contributed by atoms with van der Waals surface area (Å²) in [6.07, 6.45) is 0. The minimum atomic E-state index is -1.35. The summed E-state index contributed by atoms with van der Waals surface area (Å²) in [5.41, 5.74) is 9.45. The van der Waals surface area contributed by atoms with Gasteiger partial charge in [0.25, 0.3) is 5.82 Å². The number of ketones is 1. The molecule has 0 spiro atoms. The number of carbonyl (C=O) groups is 2. The van der Waals surface area contributed by atoms with Crippen molar-refractivity contribution in [2.24, 2.45) is 5.11 Å². The Kier molecular flexibility index (Phi) is 5.16. The Bertz CT molecular complexity index is 1070. The van der Waals surface area contributed by atoms with Crippen molar-refractivity contribution in [3.8, 4) is 5.69 Å². The van der Waals surface area contributed by atoms with Crippen molar-refractivity contribution in [2.75, 3.05) is 0 Å². The molecule has 0 bridgehead atoms. The molecule has 1 aromatic heterocycles. The van der Waals surface area contributed by atoms with Gasteiger partial charge in [-0.2, -0.15) is 0 Å². The predicted octanol–water partition coefficient (Wildman–Crippen LogP) is 3.66. The molecule has 2 aromatic carbocycles. The molecule has 9 nitrogen and oxygen atoms in total. The Labute approximate surface area is 157 Å². The molecule has 0 aliphatic heterocycles. The molecule has 0 aliphatic rings. The number of carboxylic acids is 1. The summed E-state index contributed by atoms with van der Waals surface area (Å²) in [4.78, 5) is 30.7. The van der Waals surface area contributed by atoms with Gasteiger partial charge in [0.2, 0.25) is 0 Å². The van der Waals surface area contributed by atoms with Gasteiger partial charge in [-0.3, -0.25) is 4.79 Å². The van der Waals surface area contributed by atoms with Crippen molar-refractivity contribution < 1.29 is 14.7 Å². The van der Waals surface area contributed by atoms with E-state index < -0.39 is 11.8 Å². The molecule has 1 heterocycles. The molecule has 3 rings (SSSR count). The highest BCUT2D eigenvalue weighted by Crippen LogP contribution is 2.24. The van der Waals surface area contributed by atoms with Gasteiger partial charge >= 0.3 is 5.97 Å². The molecule has 0 unspecified atom stereocenters. The number of aromatic nitrogens is 3. The Morgan fingerprint density at radius 3 is 2.63 bits per heavy atom. The third-order valence-electron chi connectivity index (χ3n) is 3.61. The molecule has 0 atom stereocenters. The summed E-state index contributed by atoms with van der Waals surface area (Å²) in [6.45, 7) is -0.238. The molecule has 134 valence electrons. The van der Waals surface area contributed by atoms with Crippen molar-refractivity contribution in [1.82, 2.24) is 14.8 Å². The highest BCUT2D eigenvalue weighted by Gasteiger charge is 2.21. The third-order valence-corrected chi connectivity index (χ3v) is 3.84. The number of benzene rings is 2. The van der Waals surface area contributed by atoms with E-state index in [0.29, 0.717) is 10.6 Å². The number of hydrogen-bond acceptors (Lipinski definition) is 5. The second-order valence-electron chi connectivity index (χ2n) is 5.31. The van der Waals surface area contributed by atoms with Gasteiger partial charge in [0.05, 0.1) is 12.2 Å². The maximum atomic E-state index is 12.9. The fourth-order valence-electron chi connectivity index (χ4n) is 2.44. The number of hydrogen-bond donors (Lipinski definition) is 1. The highest BCUT2D eigenvalue weighted by molar-refractivity contribution is 6.31. The molecule has 27 heavy (non-hydrogen) atoms. The maximum Gasteiger partial charge on any atom is 0.375 e. The van der Waals surface area contributed by atoms with E-state index in [1.54, 1.807) is 30.3 Å². The monoisotopic (exact) mass is 382 g/mol. The van der Waals surface area contributed by atoms with Crippen molar-refractivity contribution in [2.45, 2.75) is 6.54 Å². The number of aromatic carboxylic acids is 1. The quantitative estimate of drug-likeness (QED) is 0.300. The first-order chi connectivity index (χ1) is 13.0. The van der Waals surface area contributed by atoms with Crippen LogP contribution in [0.3, 0.4) is 0 Å². The maximum absolute atomic E-state index is 12.9. The van der Waals surface area contributed by atoms with Gasteiger partial charge in [0, 0.05) is 21.1 Å². The van der Waals surface area contributed by atoms with Crippen LogP contribution < -0.4 is 0 Å². The molecule has 0 saturated heterocycles. The Morgan fingerprint density at radius 2 is 1.96 bits per heavy atom. The molecule has 10 heteroatoms. The van der Waals surface area contributed by atoms with Gasteiger partial charge in [-0.1, -0.05) is 47.0 Å². The van der Waals surface area contributed by atoms with Crippen molar-refractivity contribution in [1.29, 1.82) is 0 Å². The van der Waals surface area contributed by atoms with Crippen LogP contribution in [0.1, 0.15) is 32.4 Å². The van der Waals surface area contributed by atoms with Crippen molar-refractivity contribution in [3.05, 3.63) is 86.8 Å². The normalized spacial score (nSPS) is 10.3. The lowest BCUT2D eigenvalue weighted by atomic mass is 10.0. The summed E-state index contributed by atoms with van der Waals surface area (Å²) < 4.78 is 1.17. The van der Waals surface area contributed by atoms with E-state index in [1.165, 1.54) is 22.9 Å². The van der Waals surface area contributed by atoms with E-state index in [9.17, 15) is 9.59 Å². The second kappa shape index (κ2) is 7.69. The fourth-order valence-corrected chi connectivity index (χ4v) is 2.62. The largest absolute Gasteiger partial charge is 0.475 e. The molecule has 3 aromatic rings. The van der Waals surface area contributed by atoms with Crippen LogP contribution in [0.25, 0.3) is 16.1 Å². The second-order valence-corrected chi connectivity index (χ2v) is 5.75. The number of halogens is 1. The van der Waals surface area contributed by atoms with E-state index in [0.717, 1.165) is 0 Å². The minimum absolute atomic E-state index is 0.0784. The summed E-state index contributed by atoms with van der Waals surface area (Å²) in [5.74, 6) is -2.07. The van der Waals surface area contributed by atoms with Gasteiger partial charge in [-0.25, -0.2) is 14.5 Å². The van der Waals surface area contributed by atoms with Gasteiger partial charge in [-0.05, 0) is 23.7 Å². The molecule has 0 fully saturated rings. The summed E-state index contributed by atoms with van der Waals surface area (Å²) in [7, 11) is 0. The van der Waals surface area contributed by atoms with Crippen LogP contribution in [0.5, 0.6) is 0 Å². The van der Waals surface area contributed by atoms with Gasteiger partial charge in [-0.15, -0.1) is 5.10 Å². The van der Waals surface area contributed by atoms with E-state index in [4.69, 9.17) is 22.2 Å². The first-order valence-corrected chi connectivity index (χ1v) is 7.99. The van der Waals surface area contributed by atoms with E-state index in [-0.39, 0.29) is 29.4 Å². The number of carboxylic acid groups (broad SMARTS) is 1. The van der Waals surface area contributed by atoms with Crippen LogP contribution in [-0.2, 0) is 6.54 Å². The Morgan fingerprint density at radius 1 is 1.22 bits per heavy atom. The van der Waals surface area contributed by atoms with Crippen LogP contribution in [0.4, 0.5) is 0 Å². The van der Waals surface area contributed by atoms with Crippen LogP contribution >= 0.6 is 11.6 Å². The zero-order valence-electron chi connectivity index (χ0n) is 13.7.